The zero-order valence-corrected chi connectivity index (χ0v) is 11.8. The average molecular weight is 319 g/mol. The van der Waals surface area contributed by atoms with Crippen molar-refractivity contribution in [2.75, 3.05) is 19.0 Å². The van der Waals surface area contributed by atoms with Gasteiger partial charge >= 0.3 is 6.61 Å². The topological polar surface area (TPSA) is 56.3 Å². The van der Waals surface area contributed by atoms with Crippen LogP contribution in [0.15, 0.2) is 18.2 Å². The number of alkyl halides is 2. The average Bonchev–Trinajstić information content (AvgIpc) is 2.87. The Hall–Kier alpha value is -1.87. The van der Waals surface area contributed by atoms with Crippen molar-refractivity contribution in [3.05, 3.63) is 29.8 Å². The van der Waals surface area contributed by atoms with E-state index in [2.05, 4.69) is 19.4 Å². The second-order valence-electron chi connectivity index (χ2n) is 3.91. The lowest BCUT2D eigenvalue weighted by Crippen LogP contribution is -2.04. The van der Waals surface area contributed by atoms with Crippen LogP contribution in [0.25, 0.3) is 0 Å². The van der Waals surface area contributed by atoms with Crippen molar-refractivity contribution in [2.24, 2.45) is 0 Å². The summed E-state index contributed by atoms with van der Waals surface area (Å²) >= 11 is 1.11. The maximum Gasteiger partial charge on any atom is 0.387 e. The number of aromatic nitrogens is 2. The molecule has 0 saturated carbocycles. The lowest BCUT2D eigenvalue weighted by Gasteiger charge is -2.07. The highest BCUT2D eigenvalue weighted by Crippen LogP contribution is 2.25. The fraction of sp³-hybridized carbons (Fsp3) is 0.333. The summed E-state index contributed by atoms with van der Waals surface area (Å²) in [4.78, 5) is 4.19. The normalized spacial score (nSPS) is 10.9. The van der Waals surface area contributed by atoms with E-state index in [0.29, 0.717) is 29.7 Å². The van der Waals surface area contributed by atoms with Crippen LogP contribution in [0.2, 0.25) is 0 Å². The predicted molar refractivity (Wildman–Crippen MR) is 71.8 cm³/mol. The molecule has 2 aromatic rings. The largest absolute Gasteiger partial charge is 0.432 e. The number of benzene rings is 1. The molecule has 9 heteroatoms. The van der Waals surface area contributed by atoms with E-state index in [1.807, 2.05) is 0 Å². The van der Waals surface area contributed by atoms with Gasteiger partial charge in [-0.25, -0.2) is 9.37 Å². The molecule has 0 unspecified atom stereocenters. The van der Waals surface area contributed by atoms with Crippen LogP contribution in [0.5, 0.6) is 5.75 Å². The van der Waals surface area contributed by atoms with Gasteiger partial charge in [-0.05, 0) is 12.1 Å². The van der Waals surface area contributed by atoms with Crippen molar-refractivity contribution in [1.82, 2.24) is 9.36 Å². The molecule has 0 radical (unpaired) electrons. The molecule has 0 bridgehead atoms. The van der Waals surface area contributed by atoms with Gasteiger partial charge in [0.2, 0.25) is 5.13 Å². The minimum Gasteiger partial charge on any atom is -0.432 e. The molecular weight excluding hydrogens is 307 g/mol. The molecule has 1 heterocycles. The smallest absolute Gasteiger partial charge is 0.387 e. The Bertz CT molecular complexity index is 595. The standard InChI is InChI=1S/C12H12F3N3O2S/c1-19-5-4-10-17-12(21-18-10)16-7-2-3-9(8(13)6-7)20-11(14)15/h2-3,6,11H,4-5H2,1H3,(H,16,17,18). The predicted octanol–water partition coefficient (Wildman–Crippen LogP) is 3.21. The molecule has 0 aliphatic rings. The number of methoxy groups -OCH3 is 1. The molecule has 114 valence electrons. The molecule has 1 aromatic carbocycles. The monoisotopic (exact) mass is 319 g/mol. The first-order valence-corrected chi connectivity index (χ1v) is 6.68. The maximum absolute atomic E-state index is 13.5. The summed E-state index contributed by atoms with van der Waals surface area (Å²) in [5.74, 6) is -0.777. The molecule has 0 aliphatic heterocycles. The Balaban J connectivity index is 2.02. The summed E-state index contributed by atoms with van der Waals surface area (Å²) in [6.07, 6.45) is 0.574. The summed E-state index contributed by atoms with van der Waals surface area (Å²) in [7, 11) is 1.58. The van der Waals surface area contributed by atoms with E-state index in [-0.39, 0.29) is 0 Å². The Kier molecular flexibility index (Phi) is 5.34. The van der Waals surface area contributed by atoms with Gasteiger partial charge in [0.15, 0.2) is 11.6 Å². The van der Waals surface area contributed by atoms with Crippen LogP contribution in [0.1, 0.15) is 5.82 Å². The SMILES string of the molecule is COCCc1nsc(Nc2ccc(OC(F)F)c(F)c2)n1. The zero-order valence-electron chi connectivity index (χ0n) is 11.0. The molecule has 0 saturated heterocycles. The number of halogens is 3. The van der Waals surface area contributed by atoms with Crippen molar-refractivity contribution >= 4 is 22.4 Å². The lowest BCUT2D eigenvalue weighted by molar-refractivity contribution is -0.0521. The molecule has 2 rings (SSSR count). The minimum atomic E-state index is -3.06. The Labute approximate surface area is 122 Å². The highest BCUT2D eigenvalue weighted by atomic mass is 32.1. The molecule has 0 aliphatic carbocycles. The van der Waals surface area contributed by atoms with Gasteiger partial charge in [-0.15, -0.1) is 0 Å². The van der Waals surface area contributed by atoms with E-state index in [1.165, 1.54) is 6.07 Å². The number of nitrogens with zero attached hydrogens (tertiary/aromatic N) is 2. The van der Waals surface area contributed by atoms with Crippen molar-refractivity contribution in [3.8, 4) is 5.75 Å². The van der Waals surface area contributed by atoms with Gasteiger partial charge in [-0.3, -0.25) is 0 Å². The van der Waals surface area contributed by atoms with Crippen LogP contribution >= 0.6 is 11.5 Å². The quantitative estimate of drug-likeness (QED) is 0.849. The van der Waals surface area contributed by atoms with E-state index >= 15 is 0 Å². The van der Waals surface area contributed by atoms with Crippen molar-refractivity contribution in [3.63, 3.8) is 0 Å². The van der Waals surface area contributed by atoms with Gasteiger partial charge in [0, 0.05) is 36.8 Å². The molecule has 0 spiro atoms. The van der Waals surface area contributed by atoms with Crippen LogP contribution in [0, 0.1) is 5.82 Å². The highest BCUT2D eigenvalue weighted by molar-refractivity contribution is 7.09. The third-order valence-electron chi connectivity index (χ3n) is 2.40. The van der Waals surface area contributed by atoms with E-state index in [9.17, 15) is 13.2 Å². The molecule has 0 fully saturated rings. The fourth-order valence-corrected chi connectivity index (χ4v) is 2.13. The number of hydrogen-bond acceptors (Lipinski definition) is 6. The van der Waals surface area contributed by atoms with E-state index in [0.717, 1.165) is 23.7 Å². The second-order valence-corrected chi connectivity index (χ2v) is 4.66. The maximum atomic E-state index is 13.5. The zero-order chi connectivity index (χ0) is 15.2. The van der Waals surface area contributed by atoms with Gasteiger partial charge in [0.25, 0.3) is 0 Å². The van der Waals surface area contributed by atoms with Crippen molar-refractivity contribution in [2.45, 2.75) is 13.0 Å². The number of ether oxygens (including phenoxy) is 2. The summed E-state index contributed by atoms with van der Waals surface area (Å²) in [5, 5.41) is 3.32. The molecule has 1 aromatic heterocycles. The first-order chi connectivity index (χ1) is 10.1. The van der Waals surface area contributed by atoms with Crippen LogP contribution in [0.4, 0.5) is 24.0 Å². The molecule has 5 nitrogen and oxygen atoms in total. The summed E-state index contributed by atoms with van der Waals surface area (Å²) in [5.41, 5.74) is 0.364. The first-order valence-electron chi connectivity index (χ1n) is 5.91. The van der Waals surface area contributed by atoms with Crippen LogP contribution < -0.4 is 10.1 Å². The molecule has 21 heavy (non-hydrogen) atoms. The number of rotatable bonds is 7. The summed E-state index contributed by atoms with van der Waals surface area (Å²) in [6.45, 7) is -2.56. The third-order valence-corrected chi connectivity index (χ3v) is 3.07. The van der Waals surface area contributed by atoms with Gasteiger partial charge in [0.05, 0.1) is 6.61 Å². The number of hydrogen-bond donors (Lipinski definition) is 1. The van der Waals surface area contributed by atoms with Crippen LogP contribution in [-0.2, 0) is 11.2 Å². The molecule has 0 atom stereocenters. The fourth-order valence-electron chi connectivity index (χ4n) is 1.49. The molecular formula is C12H12F3N3O2S. The highest BCUT2D eigenvalue weighted by Gasteiger charge is 2.11. The van der Waals surface area contributed by atoms with Crippen LogP contribution in [-0.4, -0.2) is 29.7 Å². The Morgan fingerprint density at radius 3 is 2.86 bits per heavy atom. The Morgan fingerprint density at radius 1 is 1.38 bits per heavy atom. The summed E-state index contributed by atoms with van der Waals surface area (Å²) < 4.78 is 50.6. The van der Waals surface area contributed by atoms with Gasteiger partial charge < -0.3 is 14.8 Å². The Morgan fingerprint density at radius 2 is 2.19 bits per heavy atom. The molecule has 1 N–H and O–H groups in total. The lowest BCUT2D eigenvalue weighted by atomic mass is 10.3. The van der Waals surface area contributed by atoms with Crippen molar-refractivity contribution in [1.29, 1.82) is 0 Å². The first kappa shape index (κ1) is 15.5. The van der Waals surface area contributed by atoms with Gasteiger partial charge in [-0.1, -0.05) is 0 Å². The van der Waals surface area contributed by atoms with Gasteiger partial charge in [-0.2, -0.15) is 13.2 Å². The second kappa shape index (κ2) is 7.23. The van der Waals surface area contributed by atoms with Crippen LogP contribution in [0.3, 0.4) is 0 Å². The van der Waals surface area contributed by atoms with E-state index < -0.39 is 18.2 Å². The minimum absolute atomic E-state index is 0.364. The molecule has 0 amide bonds. The summed E-state index contributed by atoms with van der Waals surface area (Å²) in [6, 6.07) is 3.58. The van der Waals surface area contributed by atoms with E-state index in [1.54, 1.807) is 7.11 Å². The third kappa shape index (κ3) is 4.57. The number of anilines is 2. The van der Waals surface area contributed by atoms with Crippen molar-refractivity contribution < 1.29 is 22.6 Å². The number of nitrogens with one attached hydrogen (secondary N) is 1. The van der Waals surface area contributed by atoms with Gasteiger partial charge in [0.1, 0.15) is 5.82 Å². The van der Waals surface area contributed by atoms with E-state index in [4.69, 9.17) is 4.74 Å².